The fourth-order valence-electron chi connectivity index (χ4n) is 2.76. The molecule has 0 saturated carbocycles. The molecule has 6 heteroatoms. The van der Waals surface area contributed by atoms with Gasteiger partial charge in [-0.15, -0.1) is 0 Å². The Hall–Kier alpha value is -1.24. The van der Waals surface area contributed by atoms with E-state index in [4.69, 9.17) is 0 Å². The van der Waals surface area contributed by atoms with Crippen molar-refractivity contribution in [3.05, 3.63) is 36.4 Å². The van der Waals surface area contributed by atoms with Gasteiger partial charge >= 0.3 is 0 Å². The normalized spacial score (nSPS) is 11.8. The van der Waals surface area contributed by atoms with Gasteiger partial charge in [-0.3, -0.25) is 0 Å². The van der Waals surface area contributed by atoms with Gasteiger partial charge in [0.1, 0.15) is 0 Å². The molecule has 132 valence electrons. The quantitative estimate of drug-likeness (QED) is 0.526. The van der Waals surface area contributed by atoms with Crippen LogP contribution < -0.4 is 9.62 Å². The predicted octanol–water partition coefficient (Wildman–Crippen LogP) is 3.67. The van der Waals surface area contributed by atoms with Crippen LogP contribution >= 0.6 is 12.6 Å². The third kappa shape index (κ3) is 4.65. The molecule has 0 atom stereocenters. The molecule has 1 N–H and O–H groups in total. The van der Waals surface area contributed by atoms with Crippen LogP contribution in [-0.4, -0.2) is 34.8 Å². The highest BCUT2D eigenvalue weighted by molar-refractivity contribution is 7.89. The summed E-state index contributed by atoms with van der Waals surface area (Å²) in [7, 11) is 0.409. The molecule has 2 aromatic carbocycles. The van der Waals surface area contributed by atoms with Gasteiger partial charge in [0.2, 0.25) is 10.0 Å². The van der Waals surface area contributed by atoms with Crippen molar-refractivity contribution in [1.29, 1.82) is 0 Å². The van der Waals surface area contributed by atoms with Crippen LogP contribution in [0.1, 0.15) is 25.7 Å². The molecule has 0 bridgehead atoms. The number of anilines is 1. The molecule has 0 saturated heterocycles. The number of hydrogen-bond donors (Lipinski definition) is 2. The van der Waals surface area contributed by atoms with E-state index in [-0.39, 0.29) is 0 Å². The number of fused-ring (bicyclic) bond motifs is 1. The highest BCUT2D eigenvalue weighted by Gasteiger charge is 2.17. The highest BCUT2D eigenvalue weighted by Crippen LogP contribution is 2.30. The second kappa shape index (κ2) is 8.74. The maximum atomic E-state index is 12.7. The molecule has 0 fully saturated rings. The molecule has 24 heavy (non-hydrogen) atoms. The third-order valence-electron chi connectivity index (χ3n) is 4.01. The lowest BCUT2D eigenvalue weighted by Gasteiger charge is -2.17. The minimum Gasteiger partial charge on any atom is -0.377 e. The zero-order valence-corrected chi connectivity index (χ0v) is 16.0. The summed E-state index contributed by atoms with van der Waals surface area (Å²) in [4.78, 5) is 2.34. The summed E-state index contributed by atoms with van der Waals surface area (Å²) in [5, 5.41) is 1.70. The Morgan fingerprint density at radius 3 is 2.33 bits per heavy atom. The minimum absolute atomic E-state index is 0.346. The first-order valence-corrected chi connectivity index (χ1v) is 10.4. The molecule has 2 aromatic rings. The summed E-state index contributed by atoms with van der Waals surface area (Å²) < 4.78 is 28.1. The van der Waals surface area contributed by atoms with Crippen LogP contribution in [0.4, 0.5) is 5.69 Å². The van der Waals surface area contributed by atoms with Gasteiger partial charge in [-0.05, 0) is 30.7 Å². The molecule has 0 aliphatic carbocycles. The van der Waals surface area contributed by atoms with Gasteiger partial charge in [0.25, 0.3) is 0 Å². The van der Waals surface area contributed by atoms with E-state index in [1.54, 1.807) is 12.1 Å². The van der Waals surface area contributed by atoms with Crippen molar-refractivity contribution in [1.82, 2.24) is 4.72 Å². The summed E-state index contributed by atoms with van der Waals surface area (Å²) in [5.74, 6) is 0.885. The van der Waals surface area contributed by atoms with E-state index in [1.807, 2.05) is 43.3 Å². The average Bonchev–Trinajstić information content (AvgIpc) is 2.56. The van der Waals surface area contributed by atoms with Gasteiger partial charge in [0.05, 0.1) is 4.90 Å². The van der Waals surface area contributed by atoms with Crippen molar-refractivity contribution in [3.8, 4) is 0 Å². The molecular formula is C18H26N2O2S2. The standard InChI is InChI=1S/C18H26N2O2S2/c1-20(2)17-11-7-10-16-15(17)9-8-12-18(16)24(21,22)19-13-5-3-4-6-14-23/h7-12,19,23H,3-6,13-14H2,1-2H3. The van der Waals surface area contributed by atoms with Crippen LogP contribution in [0.3, 0.4) is 0 Å². The molecule has 0 unspecified atom stereocenters. The van der Waals surface area contributed by atoms with Crippen molar-refractivity contribution in [2.45, 2.75) is 30.6 Å². The average molecular weight is 367 g/mol. The number of nitrogens with zero attached hydrogens (tertiary/aromatic N) is 1. The molecule has 0 aromatic heterocycles. The van der Waals surface area contributed by atoms with Crippen molar-refractivity contribution in [3.63, 3.8) is 0 Å². The molecule has 0 aliphatic rings. The van der Waals surface area contributed by atoms with Gasteiger partial charge in [0, 0.05) is 37.1 Å². The molecular weight excluding hydrogens is 340 g/mol. The molecule has 0 aliphatic heterocycles. The molecule has 0 amide bonds. The monoisotopic (exact) mass is 366 g/mol. The number of thiol groups is 1. The first-order valence-electron chi connectivity index (χ1n) is 8.27. The van der Waals surface area contributed by atoms with E-state index in [2.05, 4.69) is 17.4 Å². The molecule has 0 spiro atoms. The lowest BCUT2D eigenvalue weighted by atomic mass is 10.1. The first kappa shape index (κ1) is 19.1. The summed E-state index contributed by atoms with van der Waals surface area (Å²) in [6.45, 7) is 0.471. The molecule has 2 rings (SSSR count). The maximum Gasteiger partial charge on any atom is 0.241 e. The van der Waals surface area contributed by atoms with Crippen LogP contribution in [0.5, 0.6) is 0 Å². The second-order valence-electron chi connectivity index (χ2n) is 6.06. The maximum absolute atomic E-state index is 12.7. The lowest BCUT2D eigenvalue weighted by molar-refractivity contribution is 0.574. The van der Waals surface area contributed by atoms with Crippen LogP contribution in [-0.2, 0) is 10.0 Å². The van der Waals surface area contributed by atoms with Gasteiger partial charge in [0.15, 0.2) is 0 Å². The topological polar surface area (TPSA) is 49.4 Å². The van der Waals surface area contributed by atoms with E-state index in [9.17, 15) is 8.42 Å². The zero-order chi connectivity index (χ0) is 17.6. The highest BCUT2D eigenvalue weighted by atomic mass is 32.2. The number of hydrogen-bond acceptors (Lipinski definition) is 4. The summed E-state index contributed by atoms with van der Waals surface area (Å²) >= 11 is 4.18. The van der Waals surface area contributed by atoms with Gasteiger partial charge in [-0.2, -0.15) is 12.6 Å². The Morgan fingerprint density at radius 1 is 0.958 bits per heavy atom. The van der Waals surface area contributed by atoms with E-state index in [0.717, 1.165) is 47.9 Å². The smallest absolute Gasteiger partial charge is 0.241 e. The number of unbranched alkanes of at least 4 members (excludes halogenated alkanes) is 3. The number of rotatable bonds is 9. The molecule has 4 nitrogen and oxygen atoms in total. The van der Waals surface area contributed by atoms with E-state index in [1.165, 1.54) is 0 Å². The number of sulfonamides is 1. The van der Waals surface area contributed by atoms with E-state index < -0.39 is 10.0 Å². The van der Waals surface area contributed by atoms with Gasteiger partial charge in [-0.1, -0.05) is 37.1 Å². The summed E-state index contributed by atoms with van der Waals surface area (Å²) in [5.41, 5.74) is 1.01. The van der Waals surface area contributed by atoms with Crippen molar-refractivity contribution in [2.24, 2.45) is 0 Å². The van der Waals surface area contributed by atoms with Crippen molar-refractivity contribution in [2.75, 3.05) is 31.3 Å². The van der Waals surface area contributed by atoms with E-state index >= 15 is 0 Å². The number of nitrogens with one attached hydrogen (secondary N) is 1. The predicted molar refractivity (Wildman–Crippen MR) is 106 cm³/mol. The van der Waals surface area contributed by atoms with Gasteiger partial charge in [-0.25, -0.2) is 13.1 Å². The Bertz CT molecular complexity index is 774. The largest absolute Gasteiger partial charge is 0.377 e. The SMILES string of the molecule is CN(C)c1cccc2c(S(=O)(=O)NCCCCCCS)cccc12. The molecule has 0 heterocycles. The summed E-state index contributed by atoms with van der Waals surface area (Å²) in [6, 6.07) is 11.2. The Kier molecular flexibility index (Phi) is 6.95. The van der Waals surface area contributed by atoms with Crippen LogP contribution in [0.25, 0.3) is 10.8 Å². The Morgan fingerprint density at radius 2 is 1.62 bits per heavy atom. The first-order chi connectivity index (χ1) is 11.5. The number of benzene rings is 2. The van der Waals surface area contributed by atoms with Crippen LogP contribution in [0.15, 0.2) is 41.3 Å². The second-order valence-corrected chi connectivity index (χ2v) is 8.24. The fourth-order valence-corrected chi connectivity index (χ4v) is 4.28. The summed E-state index contributed by atoms with van der Waals surface area (Å²) in [6.07, 6.45) is 4.03. The third-order valence-corrected chi connectivity index (χ3v) is 5.84. The fraction of sp³-hybridized carbons (Fsp3) is 0.444. The Labute approximate surface area is 150 Å². The lowest BCUT2D eigenvalue weighted by Crippen LogP contribution is -2.25. The molecule has 0 radical (unpaired) electrons. The van der Waals surface area contributed by atoms with Crippen LogP contribution in [0.2, 0.25) is 0 Å². The van der Waals surface area contributed by atoms with Crippen molar-refractivity contribution < 1.29 is 8.42 Å². The van der Waals surface area contributed by atoms with E-state index in [0.29, 0.717) is 11.4 Å². The van der Waals surface area contributed by atoms with Gasteiger partial charge < -0.3 is 4.90 Å². The van der Waals surface area contributed by atoms with Crippen molar-refractivity contribution >= 4 is 39.1 Å². The minimum atomic E-state index is -3.51. The zero-order valence-electron chi connectivity index (χ0n) is 14.3. The Balaban J connectivity index is 2.20. The van der Waals surface area contributed by atoms with Crippen LogP contribution in [0, 0.1) is 0 Å².